The van der Waals surface area contributed by atoms with E-state index in [0.717, 1.165) is 21.6 Å². The van der Waals surface area contributed by atoms with E-state index in [2.05, 4.69) is 5.10 Å². The number of carbonyl (C=O) groups is 2. The number of ether oxygens (including phenoxy) is 1. The van der Waals surface area contributed by atoms with Crippen molar-refractivity contribution in [1.82, 2.24) is 14.7 Å². The van der Waals surface area contributed by atoms with Crippen LogP contribution in [0.5, 0.6) is 0 Å². The molecule has 0 aliphatic carbocycles. The molecule has 4 rings (SSSR count). The van der Waals surface area contributed by atoms with Gasteiger partial charge in [-0.15, -0.1) is 11.3 Å². The summed E-state index contributed by atoms with van der Waals surface area (Å²) in [6.07, 6.45) is 0.417. The summed E-state index contributed by atoms with van der Waals surface area (Å²) >= 11 is 1.27. The first kappa shape index (κ1) is 23.4. The Morgan fingerprint density at radius 2 is 2.00 bits per heavy atom. The molecule has 3 heterocycles. The minimum atomic E-state index is -3.13. The molecule has 10 heteroatoms. The van der Waals surface area contributed by atoms with Crippen molar-refractivity contribution >= 4 is 43.3 Å². The largest absolute Gasteiger partial charge is 0.451 e. The lowest BCUT2D eigenvalue weighted by Crippen LogP contribution is -2.45. The van der Waals surface area contributed by atoms with E-state index in [1.165, 1.54) is 11.3 Å². The predicted octanol–water partition coefficient (Wildman–Crippen LogP) is 3.22. The van der Waals surface area contributed by atoms with Crippen molar-refractivity contribution < 1.29 is 22.7 Å². The van der Waals surface area contributed by atoms with Crippen LogP contribution in [0.1, 0.15) is 35.6 Å². The Hall–Kier alpha value is -2.72. The van der Waals surface area contributed by atoms with Gasteiger partial charge >= 0.3 is 5.97 Å². The third kappa shape index (κ3) is 5.11. The normalized spacial score (nSPS) is 17.5. The highest BCUT2D eigenvalue weighted by Gasteiger charge is 2.35. The Balaban J connectivity index is 1.48. The topological polar surface area (TPSA) is 98.6 Å². The lowest BCUT2D eigenvalue weighted by Gasteiger charge is -2.29. The zero-order chi connectivity index (χ0) is 23.8. The molecule has 1 aliphatic heterocycles. The molecule has 2 aromatic heterocycles. The second-order valence-electron chi connectivity index (χ2n) is 8.74. The predicted molar refractivity (Wildman–Crippen MR) is 128 cm³/mol. The van der Waals surface area contributed by atoms with Crippen molar-refractivity contribution in [1.29, 1.82) is 0 Å². The van der Waals surface area contributed by atoms with Gasteiger partial charge in [0.25, 0.3) is 5.91 Å². The van der Waals surface area contributed by atoms with Gasteiger partial charge in [0, 0.05) is 18.0 Å². The third-order valence-electron chi connectivity index (χ3n) is 5.60. The van der Waals surface area contributed by atoms with Gasteiger partial charge in [0.05, 0.1) is 22.9 Å². The van der Waals surface area contributed by atoms with E-state index in [0.29, 0.717) is 17.8 Å². The second-order valence-corrected chi connectivity index (χ2v) is 12.0. The summed E-state index contributed by atoms with van der Waals surface area (Å²) in [4.78, 5) is 28.4. The van der Waals surface area contributed by atoms with Gasteiger partial charge in [-0.2, -0.15) is 5.10 Å². The van der Waals surface area contributed by atoms with Crippen LogP contribution in [-0.4, -0.2) is 65.7 Å². The summed E-state index contributed by atoms with van der Waals surface area (Å²) < 4.78 is 30.9. The Morgan fingerprint density at radius 1 is 1.27 bits per heavy atom. The van der Waals surface area contributed by atoms with Crippen LogP contribution in [0.4, 0.5) is 0 Å². The van der Waals surface area contributed by atoms with E-state index in [-0.39, 0.29) is 29.4 Å². The average Bonchev–Trinajstić information content (AvgIpc) is 3.45. The fraction of sp³-hybridized carbons (Fsp3) is 0.435. The molecule has 1 aromatic carbocycles. The molecule has 1 saturated heterocycles. The number of amides is 1. The van der Waals surface area contributed by atoms with Gasteiger partial charge < -0.3 is 9.64 Å². The number of aryl methyl sites for hydroxylation is 1. The Labute approximate surface area is 197 Å². The number of sulfone groups is 1. The van der Waals surface area contributed by atoms with Crippen molar-refractivity contribution in [3.05, 3.63) is 47.0 Å². The van der Waals surface area contributed by atoms with E-state index >= 15 is 0 Å². The van der Waals surface area contributed by atoms with Gasteiger partial charge in [-0.3, -0.25) is 4.79 Å². The number of fused-ring (bicyclic) bond motifs is 1. The van der Waals surface area contributed by atoms with Crippen LogP contribution >= 0.6 is 11.3 Å². The van der Waals surface area contributed by atoms with E-state index in [9.17, 15) is 18.0 Å². The summed E-state index contributed by atoms with van der Waals surface area (Å²) in [5.41, 5.74) is 1.69. The van der Waals surface area contributed by atoms with Crippen molar-refractivity contribution in [2.75, 3.05) is 24.7 Å². The second kappa shape index (κ2) is 9.26. The number of hydrogen-bond donors (Lipinski definition) is 0. The minimum Gasteiger partial charge on any atom is -0.451 e. The van der Waals surface area contributed by atoms with E-state index in [1.807, 2.05) is 51.1 Å². The van der Waals surface area contributed by atoms with E-state index in [1.54, 1.807) is 15.6 Å². The summed E-state index contributed by atoms with van der Waals surface area (Å²) in [6, 6.07) is 11.0. The quantitative estimate of drug-likeness (QED) is 0.473. The molecule has 176 valence electrons. The first-order valence-corrected chi connectivity index (χ1v) is 13.5. The van der Waals surface area contributed by atoms with E-state index in [4.69, 9.17) is 4.74 Å². The maximum Gasteiger partial charge on any atom is 0.348 e. The molecule has 0 spiro atoms. The molecule has 8 nitrogen and oxygen atoms in total. The number of esters is 1. The van der Waals surface area contributed by atoms with Gasteiger partial charge in [-0.05, 0) is 37.5 Å². The standard InChI is InChI=1S/C23H27N3O5S2/c1-15(2)12-25(18-9-10-33(29,30)14-18)21(27)13-31-23(28)20-11-19-16(3)24-26(22(19)32-20)17-7-5-4-6-8-17/h4-8,11,15,18H,9-10,12-14H2,1-3H3/t18-/m1/s1. The highest BCUT2D eigenvalue weighted by atomic mass is 32.2. The van der Waals surface area contributed by atoms with Gasteiger partial charge in [-0.25, -0.2) is 17.9 Å². The average molecular weight is 490 g/mol. The number of benzene rings is 1. The van der Waals surface area contributed by atoms with Crippen molar-refractivity contribution in [3.8, 4) is 5.69 Å². The number of carbonyl (C=O) groups excluding carboxylic acids is 2. The lowest BCUT2D eigenvalue weighted by molar-refractivity contribution is -0.137. The first-order chi connectivity index (χ1) is 15.6. The summed E-state index contributed by atoms with van der Waals surface area (Å²) in [7, 11) is -3.13. The number of nitrogens with zero attached hydrogens (tertiary/aromatic N) is 3. The number of thiophene rings is 1. The summed E-state index contributed by atoms with van der Waals surface area (Å²) in [6.45, 7) is 5.81. The first-order valence-electron chi connectivity index (χ1n) is 10.9. The van der Waals surface area contributed by atoms with Gasteiger partial charge in [0.2, 0.25) is 0 Å². The highest BCUT2D eigenvalue weighted by molar-refractivity contribution is 7.91. The fourth-order valence-corrected chi connectivity index (χ4v) is 6.85. The Morgan fingerprint density at radius 3 is 2.64 bits per heavy atom. The van der Waals surface area contributed by atoms with Crippen LogP contribution in [0.3, 0.4) is 0 Å². The van der Waals surface area contributed by atoms with Gasteiger partial charge in [0.15, 0.2) is 16.4 Å². The van der Waals surface area contributed by atoms with Crippen LogP contribution in [-0.2, 0) is 19.4 Å². The molecule has 0 saturated carbocycles. The molecule has 0 unspecified atom stereocenters. The van der Waals surface area contributed by atoms with Crippen molar-refractivity contribution in [3.63, 3.8) is 0 Å². The molecule has 0 N–H and O–H groups in total. The summed E-state index contributed by atoms with van der Waals surface area (Å²) in [5, 5.41) is 5.43. The third-order valence-corrected chi connectivity index (χ3v) is 8.45. The maximum atomic E-state index is 12.9. The molecule has 1 atom stereocenters. The lowest BCUT2D eigenvalue weighted by atomic mass is 10.1. The number of hydrogen-bond acceptors (Lipinski definition) is 7. The zero-order valence-electron chi connectivity index (χ0n) is 18.9. The molecule has 1 fully saturated rings. The van der Waals surface area contributed by atoms with Gasteiger partial charge in [0.1, 0.15) is 9.71 Å². The van der Waals surface area contributed by atoms with E-state index < -0.39 is 22.4 Å². The molecule has 0 bridgehead atoms. The Bertz CT molecular complexity index is 1280. The molecule has 33 heavy (non-hydrogen) atoms. The monoisotopic (exact) mass is 489 g/mol. The van der Waals surface area contributed by atoms with Crippen LogP contribution in [0.25, 0.3) is 15.9 Å². The Kier molecular flexibility index (Phi) is 6.58. The molecule has 3 aromatic rings. The molecular formula is C23H27N3O5S2. The minimum absolute atomic E-state index is 0.0367. The number of aromatic nitrogens is 2. The number of rotatable bonds is 7. The number of para-hydroxylation sites is 1. The molecule has 0 radical (unpaired) electrons. The van der Waals surface area contributed by atoms with Gasteiger partial charge in [-0.1, -0.05) is 32.0 Å². The van der Waals surface area contributed by atoms with Crippen molar-refractivity contribution in [2.24, 2.45) is 5.92 Å². The molecule has 1 aliphatic rings. The molecule has 1 amide bonds. The maximum absolute atomic E-state index is 12.9. The van der Waals surface area contributed by atoms with Crippen LogP contribution in [0.15, 0.2) is 36.4 Å². The highest BCUT2D eigenvalue weighted by Crippen LogP contribution is 2.31. The van der Waals surface area contributed by atoms with Crippen LogP contribution < -0.4 is 0 Å². The van der Waals surface area contributed by atoms with Crippen molar-refractivity contribution in [2.45, 2.75) is 33.2 Å². The summed E-state index contributed by atoms with van der Waals surface area (Å²) in [5.74, 6) is -0.734. The zero-order valence-corrected chi connectivity index (χ0v) is 20.5. The van der Waals surface area contributed by atoms with Crippen LogP contribution in [0.2, 0.25) is 0 Å². The fourth-order valence-electron chi connectivity index (χ4n) is 4.04. The SMILES string of the molecule is Cc1nn(-c2ccccc2)c2sc(C(=O)OCC(=O)N(CC(C)C)[C@@H]3CCS(=O)(=O)C3)cc12. The van der Waals surface area contributed by atoms with Crippen LogP contribution in [0, 0.1) is 12.8 Å². The molecular weight excluding hydrogens is 462 g/mol. The smallest absolute Gasteiger partial charge is 0.348 e.